The molecule has 0 radical (unpaired) electrons. The molecule has 0 amide bonds. The maximum Gasteiger partial charge on any atom is 0.329 e. The molecule has 0 aromatic heterocycles. The molecule has 0 spiro atoms. The fourth-order valence-electron chi connectivity index (χ4n) is 1.92. The number of halogens is 1. The quantitative estimate of drug-likeness (QED) is 0.887. The monoisotopic (exact) mass is 324 g/mol. The highest BCUT2D eigenvalue weighted by molar-refractivity contribution is 9.10. The summed E-state index contributed by atoms with van der Waals surface area (Å²) in [5.41, 5.74) is 0.726. The van der Waals surface area contributed by atoms with Crippen LogP contribution in [0.4, 0.5) is 0 Å². The van der Waals surface area contributed by atoms with Crippen LogP contribution >= 0.6 is 15.9 Å². The van der Waals surface area contributed by atoms with Crippen molar-refractivity contribution in [1.82, 2.24) is 0 Å². The Bertz CT molecular complexity index is 597. The number of benzene rings is 2. The first-order chi connectivity index (χ1) is 9.09. The third-order valence-corrected chi connectivity index (χ3v) is 3.46. The maximum absolute atomic E-state index is 10.4. The van der Waals surface area contributed by atoms with Crippen LogP contribution in [0.5, 0.6) is 0 Å². The highest BCUT2D eigenvalue weighted by atomic mass is 79.9. The van der Waals surface area contributed by atoms with E-state index >= 15 is 0 Å². The molecule has 2 aromatic carbocycles. The first kappa shape index (κ1) is 14.0. The molecule has 0 aliphatic heterocycles. The Kier molecular flexibility index (Phi) is 4.52. The largest absolute Gasteiger partial charge is 0.480 e. The van der Waals surface area contributed by atoms with Crippen LogP contribution in [0.3, 0.4) is 0 Å². The number of hydrogen-bond acceptors (Lipinski definition) is 3. The molecule has 0 aliphatic carbocycles. The number of ether oxygens (including phenoxy) is 1. The van der Waals surface area contributed by atoms with E-state index in [0.717, 1.165) is 20.8 Å². The molecular weight excluding hydrogens is 312 g/mol. The molecular formula is C14H13BrO4. The van der Waals surface area contributed by atoms with Gasteiger partial charge in [0.1, 0.15) is 12.7 Å². The molecule has 4 nitrogen and oxygen atoms in total. The lowest BCUT2D eigenvalue weighted by Gasteiger charge is -2.14. The lowest BCUT2D eigenvalue weighted by Crippen LogP contribution is -2.13. The normalized spacial score (nSPS) is 12.5. The molecule has 100 valence electrons. The summed E-state index contributed by atoms with van der Waals surface area (Å²) in [7, 11) is 0. The zero-order chi connectivity index (χ0) is 13.8. The topological polar surface area (TPSA) is 66.8 Å². The minimum atomic E-state index is -1.05. The summed E-state index contributed by atoms with van der Waals surface area (Å²) in [5, 5.41) is 20.5. The predicted molar refractivity (Wildman–Crippen MR) is 75.1 cm³/mol. The molecule has 19 heavy (non-hydrogen) atoms. The average Bonchev–Trinajstić information content (AvgIpc) is 2.39. The van der Waals surface area contributed by atoms with E-state index in [9.17, 15) is 9.90 Å². The van der Waals surface area contributed by atoms with Crippen LogP contribution in [0, 0.1) is 0 Å². The Labute approximate surface area is 118 Å². The van der Waals surface area contributed by atoms with Gasteiger partial charge in [0, 0.05) is 4.47 Å². The first-order valence-electron chi connectivity index (χ1n) is 5.74. The van der Waals surface area contributed by atoms with Crippen molar-refractivity contribution in [3.8, 4) is 0 Å². The predicted octanol–water partition coefficient (Wildman–Crippen LogP) is 2.74. The number of aliphatic hydroxyl groups is 1. The van der Waals surface area contributed by atoms with Gasteiger partial charge >= 0.3 is 5.97 Å². The van der Waals surface area contributed by atoms with Crippen LogP contribution in [-0.2, 0) is 9.53 Å². The van der Waals surface area contributed by atoms with Crippen molar-refractivity contribution >= 4 is 32.7 Å². The zero-order valence-electron chi connectivity index (χ0n) is 10.0. The van der Waals surface area contributed by atoms with Gasteiger partial charge in [-0.15, -0.1) is 0 Å². The number of aliphatic carboxylic acids is 1. The smallest absolute Gasteiger partial charge is 0.329 e. The Morgan fingerprint density at radius 2 is 1.89 bits per heavy atom. The number of hydrogen-bond donors (Lipinski definition) is 2. The Morgan fingerprint density at radius 3 is 2.58 bits per heavy atom. The van der Waals surface area contributed by atoms with Crippen molar-refractivity contribution in [1.29, 1.82) is 0 Å². The summed E-state index contributed by atoms with van der Waals surface area (Å²) >= 11 is 3.46. The second-order valence-corrected chi connectivity index (χ2v) is 4.96. The summed E-state index contributed by atoms with van der Waals surface area (Å²) in [6.45, 7) is -0.455. The van der Waals surface area contributed by atoms with Crippen LogP contribution < -0.4 is 0 Å². The van der Waals surface area contributed by atoms with Crippen molar-refractivity contribution in [3.05, 3.63) is 46.4 Å². The number of rotatable bonds is 5. The second kappa shape index (κ2) is 6.14. The third kappa shape index (κ3) is 3.32. The molecule has 2 aromatic rings. The maximum atomic E-state index is 10.4. The first-order valence-corrected chi connectivity index (χ1v) is 6.53. The van der Waals surface area contributed by atoms with Gasteiger partial charge in [-0.3, -0.25) is 0 Å². The van der Waals surface area contributed by atoms with Gasteiger partial charge in [0.15, 0.2) is 0 Å². The van der Waals surface area contributed by atoms with Crippen molar-refractivity contribution in [3.63, 3.8) is 0 Å². The van der Waals surface area contributed by atoms with Gasteiger partial charge in [0.2, 0.25) is 0 Å². The molecule has 0 saturated heterocycles. The van der Waals surface area contributed by atoms with Crippen LogP contribution in [0.2, 0.25) is 0 Å². The van der Waals surface area contributed by atoms with E-state index in [1.54, 1.807) is 6.07 Å². The number of carbonyl (C=O) groups is 1. The Hall–Kier alpha value is -1.43. The molecule has 0 saturated carbocycles. The SMILES string of the molecule is O=C(O)COCC(O)c1ccc(Br)c2ccccc12. The highest BCUT2D eigenvalue weighted by Crippen LogP contribution is 2.30. The lowest BCUT2D eigenvalue weighted by molar-refractivity contribution is -0.143. The summed E-state index contributed by atoms with van der Waals surface area (Å²) in [6.07, 6.45) is -0.850. The van der Waals surface area contributed by atoms with Crippen LogP contribution in [0.15, 0.2) is 40.9 Å². The molecule has 5 heteroatoms. The molecule has 0 bridgehead atoms. The van der Waals surface area contributed by atoms with Crippen molar-refractivity contribution < 1.29 is 19.7 Å². The number of carboxylic acids is 1. The summed E-state index contributed by atoms with van der Waals surface area (Å²) < 4.78 is 5.88. The molecule has 0 fully saturated rings. The number of carboxylic acid groups (broad SMARTS) is 1. The Balaban J connectivity index is 2.24. The lowest BCUT2D eigenvalue weighted by atomic mass is 10.0. The van der Waals surface area contributed by atoms with Gasteiger partial charge in [-0.1, -0.05) is 46.3 Å². The standard InChI is InChI=1S/C14H13BrO4/c15-12-6-5-11(9-3-1-2-4-10(9)12)13(16)7-19-8-14(17)18/h1-6,13,16H,7-8H2,(H,17,18). The molecule has 2 N–H and O–H groups in total. The van der Waals surface area contributed by atoms with Gasteiger partial charge in [-0.05, 0) is 22.4 Å². The van der Waals surface area contributed by atoms with E-state index in [1.807, 2.05) is 30.3 Å². The van der Waals surface area contributed by atoms with E-state index in [2.05, 4.69) is 15.9 Å². The number of fused-ring (bicyclic) bond motifs is 1. The second-order valence-electron chi connectivity index (χ2n) is 4.11. The highest BCUT2D eigenvalue weighted by Gasteiger charge is 2.13. The van der Waals surface area contributed by atoms with E-state index in [1.165, 1.54) is 0 Å². The summed E-state index contributed by atoms with van der Waals surface area (Å²) in [4.78, 5) is 10.4. The van der Waals surface area contributed by atoms with Gasteiger partial charge < -0.3 is 14.9 Å². The third-order valence-electron chi connectivity index (χ3n) is 2.76. The van der Waals surface area contributed by atoms with Crippen LogP contribution in [-0.4, -0.2) is 29.4 Å². The fraction of sp³-hybridized carbons (Fsp3) is 0.214. The van der Waals surface area contributed by atoms with Crippen molar-refractivity contribution in [2.24, 2.45) is 0 Å². The zero-order valence-corrected chi connectivity index (χ0v) is 11.6. The van der Waals surface area contributed by atoms with E-state index in [0.29, 0.717) is 0 Å². The number of aliphatic hydroxyl groups excluding tert-OH is 1. The van der Waals surface area contributed by atoms with Gasteiger partial charge in [0.25, 0.3) is 0 Å². The molecule has 1 unspecified atom stereocenters. The van der Waals surface area contributed by atoms with E-state index in [4.69, 9.17) is 9.84 Å². The Morgan fingerprint density at radius 1 is 1.21 bits per heavy atom. The minimum absolute atomic E-state index is 0.0437. The summed E-state index contributed by atoms with van der Waals surface area (Å²) in [6, 6.07) is 11.3. The molecule has 0 heterocycles. The molecule has 2 rings (SSSR count). The van der Waals surface area contributed by atoms with Gasteiger partial charge in [-0.25, -0.2) is 4.79 Å². The minimum Gasteiger partial charge on any atom is -0.480 e. The van der Waals surface area contributed by atoms with Crippen LogP contribution in [0.25, 0.3) is 10.8 Å². The van der Waals surface area contributed by atoms with E-state index < -0.39 is 18.7 Å². The molecule has 1 atom stereocenters. The van der Waals surface area contributed by atoms with E-state index in [-0.39, 0.29) is 6.61 Å². The molecule has 0 aliphatic rings. The van der Waals surface area contributed by atoms with Crippen LogP contribution in [0.1, 0.15) is 11.7 Å². The van der Waals surface area contributed by atoms with Crippen molar-refractivity contribution in [2.45, 2.75) is 6.10 Å². The average molecular weight is 325 g/mol. The van der Waals surface area contributed by atoms with Crippen molar-refractivity contribution in [2.75, 3.05) is 13.2 Å². The summed E-state index contributed by atoms with van der Waals surface area (Å²) in [5.74, 6) is -1.05. The fourth-order valence-corrected chi connectivity index (χ4v) is 2.40. The van der Waals surface area contributed by atoms with Gasteiger partial charge in [0.05, 0.1) is 6.61 Å². The van der Waals surface area contributed by atoms with Gasteiger partial charge in [-0.2, -0.15) is 0 Å².